The number of hydrogen-bond donors (Lipinski definition) is 1. The standard InChI is InChI=1S/C25H21F3N2O3S/c1-32-20-11-12-21-22(15-20)34-24(30-21)17-3-7-18(8-4-17)29-23(31)16-5-9-19(10-6-16)33-14-2-13-25(26,27)28/h3-12,15H,2,13-14H2,1H3,(H,29,31). The fourth-order valence-electron chi connectivity index (χ4n) is 3.22. The first-order valence-electron chi connectivity index (χ1n) is 10.5. The number of rotatable bonds is 8. The second kappa shape index (κ2) is 10.1. The van der Waals surface area contributed by atoms with Crippen molar-refractivity contribution in [2.24, 2.45) is 0 Å². The molecule has 1 N–H and O–H groups in total. The van der Waals surface area contributed by atoms with Gasteiger partial charge in [-0.25, -0.2) is 4.98 Å². The first-order chi connectivity index (χ1) is 16.3. The van der Waals surface area contributed by atoms with Crippen molar-refractivity contribution in [3.8, 4) is 22.1 Å². The quantitative estimate of drug-likeness (QED) is 0.274. The van der Waals surface area contributed by atoms with Crippen LogP contribution in [-0.4, -0.2) is 30.8 Å². The van der Waals surface area contributed by atoms with Crippen LogP contribution in [0.5, 0.6) is 11.5 Å². The maximum Gasteiger partial charge on any atom is 0.389 e. The smallest absolute Gasteiger partial charge is 0.389 e. The van der Waals surface area contributed by atoms with Gasteiger partial charge in [0.15, 0.2) is 0 Å². The summed E-state index contributed by atoms with van der Waals surface area (Å²) in [5, 5.41) is 3.70. The summed E-state index contributed by atoms with van der Waals surface area (Å²) in [7, 11) is 1.63. The summed E-state index contributed by atoms with van der Waals surface area (Å²) in [5.41, 5.74) is 2.87. The number of ether oxygens (including phenoxy) is 2. The molecule has 0 atom stereocenters. The van der Waals surface area contributed by atoms with Gasteiger partial charge in [-0.15, -0.1) is 11.3 Å². The molecular weight excluding hydrogens is 465 g/mol. The highest BCUT2D eigenvalue weighted by molar-refractivity contribution is 7.21. The topological polar surface area (TPSA) is 60.5 Å². The molecule has 0 saturated carbocycles. The van der Waals surface area contributed by atoms with Crippen molar-refractivity contribution in [1.29, 1.82) is 0 Å². The lowest BCUT2D eigenvalue weighted by molar-refractivity contribution is -0.136. The number of benzene rings is 3. The number of aromatic nitrogens is 1. The first-order valence-corrected chi connectivity index (χ1v) is 11.3. The Morgan fingerprint density at radius 3 is 2.38 bits per heavy atom. The number of anilines is 1. The summed E-state index contributed by atoms with van der Waals surface area (Å²) in [5.74, 6) is 0.891. The van der Waals surface area contributed by atoms with Gasteiger partial charge in [0, 0.05) is 23.2 Å². The van der Waals surface area contributed by atoms with Crippen molar-refractivity contribution in [3.63, 3.8) is 0 Å². The van der Waals surface area contributed by atoms with E-state index in [2.05, 4.69) is 10.3 Å². The second-order valence-corrected chi connectivity index (χ2v) is 8.51. The summed E-state index contributed by atoms with van der Waals surface area (Å²) in [6, 6.07) is 19.4. The third-order valence-corrected chi connectivity index (χ3v) is 6.04. The van der Waals surface area contributed by atoms with Crippen molar-refractivity contribution >= 4 is 33.1 Å². The fourth-order valence-corrected chi connectivity index (χ4v) is 4.22. The number of hydrogen-bond acceptors (Lipinski definition) is 5. The zero-order valence-corrected chi connectivity index (χ0v) is 19.0. The molecule has 4 rings (SSSR count). The zero-order valence-electron chi connectivity index (χ0n) is 18.2. The van der Waals surface area contributed by atoms with Crippen LogP contribution >= 0.6 is 11.3 Å². The van der Waals surface area contributed by atoms with Crippen LogP contribution < -0.4 is 14.8 Å². The Hall–Kier alpha value is -3.59. The predicted octanol–water partition coefficient (Wildman–Crippen LogP) is 6.95. The van der Waals surface area contributed by atoms with Gasteiger partial charge in [0.1, 0.15) is 16.5 Å². The number of alkyl halides is 3. The SMILES string of the molecule is COc1ccc2nc(-c3ccc(NC(=O)c4ccc(OCCCC(F)(F)F)cc4)cc3)sc2c1. The van der Waals surface area contributed by atoms with Crippen molar-refractivity contribution in [3.05, 3.63) is 72.3 Å². The molecule has 0 radical (unpaired) electrons. The summed E-state index contributed by atoms with van der Waals surface area (Å²) in [6.45, 7) is -0.0421. The lowest BCUT2D eigenvalue weighted by Crippen LogP contribution is -2.12. The van der Waals surface area contributed by atoms with E-state index in [0.29, 0.717) is 17.0 Å². The van der Waals surface area contributed by atoms with Crippen molar-refractivity contribution in [2.45, 2.75) is 19.0 Å². The molecule has 0 unspecified atom stereocenters. The van der Waals surface area contributed by atoms with Gasteiger partial charge in [0.05, 0.1) is 23.9 Å². The molecule has 0 aliphatic heterocycles. The van der Waals surface area contributed by atoms with E-state index in [0.717, 1.165) is 26.5 Å². The molecule has 1 heterocycles. The van der Waals surface area contributed by atoms with Crippen LogP contribution in [0.15, 0.2) is 66.7 Å². The van der Waals surface area contributed by atoms with Crippen LogP contribution in [0.1, 0.15) is 23.2 Å². The van der Waals surface area contributed by atoms with E-state index in [1.807, 2.05) is 30.3 Å². The Labute approximate surface area is 198 Å². The second-order valence-electron chi connectivity index (χ2n) is 7.48. The molecular formula is C25H21F3N2O3S. The Balaban J connectivity index is 1.34. The number of amides is 1. The van der Waals surface area contributed by atoms with Gasteiger partial charge in [-0.1, -0.05) is 0 Å². The molecule has 0 aliphatic rings. The van der Waals surface area contributed by atoms with Crippen LogP contribution in [0.2, 0.25) is 0 Å². The molecule has 0 bridgehead atoms. The van der Waals surface area contributed by atoms with Crippen molar-refractivity contribution in [2.75, 3.05) is 19.0 Å². The van der Waals surface area contributed by atoms with Crippen LogP contribution in [0, 0.1) is 0 Å². The number of halogens is 3. The van der Waals surface area contributed by atoms with Gasteiger partial charge in [-0.3, -0.25) is 4.79 Å². The average Bonchev–Trinajstić information content (AvgIpc) is 3.25. The molecule has 176 valence electrons. The molecule has 9 heteroatoms. The lowest BCUT2D eigenvalue weighted by Gasteiger charge is -2.09. The highest BCUT2D eigenvalue weighted by Crippen LogP contribution is 2.32. The van der Waals surface area contributed by atoms with Crippen LogP contribution in [0.25, 0.3) is 20.8 Å². The summed E-state index contributed by atoms with van der Waals surface area (Å²) < 4.78 is 48.1. The van der Waals surface area contributed by atoms with Crippen LogP contribution in [0.4, 0.5) is 18.9 Å². The van der Waals surface area contributed by atoms with Crippen LogP contribution in [0.3, 0.4) is 0 Å². The van der Waals surface area contributed by atoms with Crippen molar-refractivity contribution in [1.82, 2.24) is 4.98 Å². The molecule has 34 heavy (non-hydrogen) atoms. The number of carbonyl (C=O) groups excluding carboxylic acids is 1. The number of nitrogens with one attached hydrogen (secondary N) is 1. The molecule has 3 aromatic carbocycles. The highest BCUT2D eigenvalue weighted by Gasteiger charge is 2.26. The number of nitrogens with zero attached hydrogens (tertiary/aromatic N) is 1. The van der Waals surface area contributed by atoms with Crippen molar-refractivity contribution < 1.29 is 27.4 Å². The molecule has 0 spiro atoms. The Morgan fingerprint density at radius 1 is 1.00 bits per heavy atom. The van der Waals surface area contributed by atoms with Gasteiger partial charge in [-0.05, 0) is 73.2 Å². The maximum atomic E-state index is 12.5. The third kappa shape index (κ3) is 6.05. The largest absolute Gasteiger partial charge is 0.497 e. The molecule has 4 aromatic rings. The lowest BCUT2D eigenvalue weighted by atomic mass is 10.2. The van der Waals surface area contributed by atoms with E-state index in [1.165, 1.54) is 0 Å². The van der Waals surface area contributed by atoms with E-state index in [-0.39, 0.29) is 18.9 Å². The Bertz CT molecular complexity index is 1270. The molecule has 0 aliphatic carbocycles. The molecule has 0 saturated heterocycles. The van der Waals surface area contributed by atoms with Gasteiger partial charge < -0.3 is 14.8 Å². The molecule has 1 aromatic heterocycles. The van der Waals surface area contributed by atoms with Crippen LogP contribution in [-0.2, 0) is 0 Å². The number of methoxy groups -OCH3 is 1. The van der Waals surface area contributed by atoms with E-state index in [1.54, 1.807) is 54.8 Å². The molecule has 1 amide bonds. The number of carbonyl (C=O) groups is 1. The van der Waals surface area contributed by atoms with E-state index in [9.17, 15) is 18.0 Å². The van der Waals surface area contributed by atoms with Gasteiger partial charge in [0.2, 0.25) is 0 Å². The number of fused-ring (bicyclic) bond motifs is 1. The van der Waals surface area contributed by atoms with E-state index in [4.69, 9.17) is 9.47 Å². The first kappa shape index (κ1) is 23.6. The summed E-state index contributed by atoms with van der Waals surface area (Å²) >= 11 is 1.56. The molecule has 0 fully saturated rings. The fraction of sp³-hybridized carbons (Fsp3) is 0.200. The monoisotopic (exact) mass is 486 g/mol. The van der Waals surface area contributed by atoms with E-state index < -0.39 is 12.6 Å². The predicted molar refractivity (Wildman–Crippen MR) is 127 cm³/mol. The zero-order chi connectivity index (χ0) is 24.1. The average molecular weight is 487 g/mol. The molecule has 5 nitrogen and oxygen atoms in total. The highest BCUT2D eigenvalue weighted by atomic mass is 32.1. The van der Waals surface area contributed by atoms with E-state index >= 15 is 0 Å². The summed E-state index contributed by atoms with van der Waals surface area (Å²) in [6.07, 6.45) is -5.20. The number of thiazole rings is 1. The third-order valence-electron chi connectivity index (χ3n) is 4.98. The minimum atomic E-state index is -4.19. The normalized spacial score (nSPS) is 11.4. The van der Waals surface area contributed by atoms with Gasteiger partial charge in [0.25, 0.3) is 5.91 Å². The van der Waals surface area contributed by atoms with Gasteiger partial charge in [-0.2, -0.15) is 13.2 Å². The summed E-state index contributed by atoms with van der Waals surface area (Å²) in [4.78, 5) is 17.2. The Kier molecular flexibility index (Phi) is 7.02. The van der Waals surface area contributed by atoms with Gasteiger partial charge >= 0.3 is 6.18 Å². The minimum absolute atomic E-state index is 0.0421. The Morgan fingerprint density at radius 2 is 1.71 bits per heavy atom. The maximum absolute atomic E-state index is 12.5. The minimum Gasteiger partial charge on any atom is -0.497 e.